The summed E-state index contributed by atoms with van der Waals surface area (Å²) < 4.78 is 0. The zero-order chi connectivity index (χ0) is 11.4. The second-order valence-electron chi connectivity index (χ2n) is 3.93. The van der Waals surface area contributed by atoms with Gasteiger partial charge in [-0.05, 0) is 24.1 Å². The molecule has 3 heteroatoms. The fraction of sp³-hybridized carbons (Fsp3) is 0.308. The molecule has 84 valence electrons. The van der Waals surface area contributed by atoms with Gasteiger partial charge in [-0.1, -0.05) is 31.5 Å². The summed E-state index contributed by atoms with van der Waals surface area (Å²) >= 11 is 0. The minimum atomic E-state index is 0.206. The van der Waals surface area contributed by atoms with E-state index in [4.69, 9.17) is 5.84 Å². The van der Waals surface area contributed by atoms with E-state index in [1.54, 1.807) is 0 Å². The lowest BCUT2D eigenvalue weighted by atomic mass is 9.98. The van der Waals surface area contributed by atoms with Crippen LogP contribution in [0.3, 0.4) is 0 Å². The van der Waals surface area contributed by atoms with Gasteiger partial charge in [-0.25, -0.2) is 0 Å². The Hall–Kier alpha value is -1.45. The van der Waals surface area contributed by atoms with Gasteiger partial charge >= 0.3 is 0 Å². The number of nitrogens with one attached hydrogen (secondary N) is 1. The molecule has 2 aromatic rings. The number of hydrogen-bond acceptors (Lipinski definition) is 3. The van der Waals surface area contributed by atoms with Crippen molar-refractivity contribution in [2.75, 3.05) is 0 Å². The molecule has 0 saturated carbocycles. The molecule has 1 aromatic heterocycles. The number of hydrazine groups is 1. The van der Waals surface area contributed by atoms with Crippen molar-refractivity contribution in [3.63, 3.8) is 0 Å². The molecule has 1 heterocycles. The first-order valence-corrected chi connectivity index (χ1v) is 5.66. The first-order valence-electron chi connectivity index (χ1n) is 5.66. The van der Waals surface area contributed by atoms with Crippen LogP contribution in [0.25, 0.3) is 10.9 Å². The minimum absolute atomic E-state index is 0.206. The largest absolute Gasteiger partial charge is 0.271 e. The molecule has 2 rings (SSSR count). The zero-order valence-electron chi connectivity index (χ0n) is 9.48. The lowest BCUT2D eigenvalue weighted by Gasteiger charge is -2.17. The second-order valence-corrected chi connectivity index (χ2v) is 3.93. The van der Waals surface area contributed by atoms with Crippen LogP contribution in [0.15, 0.2) is 36.5 Å². The number of nitrogens with two attached hydrogens (primary N) is 1. The van der Waals surface area contributed by atoms with E-state index in [0.29, 0.717) is 0 Å². The standard InChI is InChI=1S/C13H17N3/c1-2-5-13(16-14)11-6-3-8-12-10(11)7-4-9-15-12/h3-4,6-9,13,16H,2,5,14H2,1H3. The predicted molar refractivity (Wildman–Crippen MR) is 66.7 cm³/mol. The molecular weight excluding hydrogens is 198 g/mol. The third kappa shape index (κ3) is 2.05. The monoisotopic (exact) mass is 215 g/mol. The van der Waals surface area contributed by atoms with E-state index in [0.717, 1.165) is 18.4 Å². The average molecular weight is 215 g/mol. The molecule has 0 fully saturated rings. The summed E-state index contributed by atoms with van der Waals surface area (Å²) in [5.74, 6) is 5.61. The molecule has 16 heavy (non-hydrogen) atoms. The van der Waals surface area contributed by atoms with Crippen LogP contribution in [0.5, 0.6) is 0 Å². The average Bonchev–Trinajstić information content (AvgIpc) is 2.35. The molecule has 0 aliphatic carbocycles. The van der Waals surface area contributed by atoms with Crippen LogP contribution in [-0.2, 0) is 0 Å². The number of fused-ring (bicyclic) bond motifs is 1. The summed E-state index contributed by atoms with van der Waals surface area (Å²) in [6.45, 7) is 2.16. The molecule has 0 aliphatic rings. The van der Waals surface area contributed by atoms with Crippen LogP contribution in [-0.4, -0.2) is 4.98 Å². The van der Waals surface area contributed by atoms with Gasteiger partial charge in [0.1, 0.15) is 0 Å². The summed E-state index contributed by atoms with van der Waals surface area (Å²) in [5.41, 5.74) is 5.14. The van der Waals surface area contributed by atoms with Crippen LogP contribution in [0, 0.1) is 0 Å². The number of rotatable bonds is 4. The normalized spacial score (nSPS) is 12.9. The molecule has 1 unspecified atom stereocenters. The highest BCUT2D eigenvalue weighted by atomic mass is 15.2. The molecule has 0 aliphatic heterocycles. The lowest BCUT2D eigenvalue weighted by Crippen LogP contribution is -2.28. The van der Waals surface area contributed by atoms with E-state index in [9.17, 15) is 0 Å². The van der Waals surface area contributed by atoms with Crippen molar-refractivity contribution in [2.45, 2.75) is 25.8 Å². The molecule has 0 amide bonds. The Kier molecular flexibility index (Phi) is 3.49. The lowest BCUT2D eigenvalue weighted by molar-refractivity contribution is 0.513. The Balaban J connectivity index is 2.50. The third-order valence-electron chi connectivity index (χ3n) is 2.83. The Bertz CT molecular complexity index is 462. The van der Waals surface area contributed by atoms with Gasteiger partial charge in [0, 0.05) is 17.6 Å². The van der Waals surface area contributed by atoms with E-state index in [2.05, 4.69) is 29.5 Å². The first kappa shape index (κ1) is 11.0. The molecular formula is C13H17N3. The van der Waals surface area contributed by atoms with Crippen LogP contribution >= 0.6 is 0 Å². The number of aromatic nitrogens is 1. The van der Waals surface area contributed by atoms with Gasteiger partial charge in [-0.3, -0.25) is 16.3 Å². The van der Waals surface area contributed by atoms with Crippen molar-refractivity contribution < 1.29 is 0 Å². The second kappa shape index (κ2) is 5.05. The molecule has 1 atom stereocenters. The molecule has 0 saturated heterocycles. The maximum Gasteiger partial charge on any atom is 0.0705 e. The highest BCUT2D eigenvalue weighted by Crippen LogP contribution is 2.25. The first-order chi connectivity index (χ1) is 7.86. The van der Waals surface area contributed by atoms with Crippen molar-refractivity contribution in [1.82, 2.24) is 10.4 Å². The maximum atomic E-state index is 5.61. The van der Waals surface area contributed by atoms with E-state index in [1.165, 1.54) is 10.9 Å². The maximum absolute atomic E-state index is 5.61. The topological polar surface area (TPSA) is 50.9 Å². The Labute approximate surface area is 95.7 Å². The molecule has 0 bridgehead atoms. The Morgan fingerprint density at radius 3 is 2.94 bits per heavy atom. The minimum Gasteiger partial charge on any atom is -0.271 e. The Morgan fingerprint density at radius 2 is 2.19 bits per heavy atom. The van der Waals surface area contributed by atoms with Crippen LogP contribution in [0.4, 0.5) is 0 Å². The molecule has 1 aromatic carbocycles. The van der Waals surface area contributed by atoms with Crippen molar-refractivity contribution in [1.29, 1.82) is 0 Å². The highest BCUT2D eigenvalue weighted by Gasteiger charge is 2.11. The summed E-state index contributed by atoms with van der Waals surface area (Å²) in [6, 6.07) is 10.4. The summed E-state index contributed by atoms with van der Waals surface area (Å²) in [5, 5.41) is 1.18. The molecule has 0 radical (unpaired) electrons. The van der Waals surface area contributed by atoms with Gasteiger partial charge in [-0.15, -0.1) is 0 Å². The van der Waals surface area contributed by atoms with E-state index < -0.39 is 0 Å². The van der Waals surface area contributed by atoms with Crippen molar-refractivity contribution in [2.24, 2.45) is 5.84 Å². The van der Waals surface area contributed by atoms with Crippen molar-refractivity contribution in [3.8, 4) is 0 Å². The fourth-order valence-electron chi connectivity index (χ4n) is 2.05. The Morgan fingerprint density at radius 1 is 1.31 bits per heavy atom. The van der Waals surface area contributed by atoms with Gasteiger partial charge in [0.25, 0.3) is 0 Å². The van der Waals surface area contributed by atoms with Gasteiger partial charge in [0.15, 0.2) is 0 Å². The zero-order valence-corrected chi connectivity index (χ0v) is 9.48. The number of pyridine rings is 1. The SMILES string of the molecule is CCCC(NN)c1cccc2ncccc12. The van der Waals surface area contributed by atoms with Gasteiger partial charge in [-0.2, -0.15) is 0 Å². The van der Waals surface area contributed by atoms with Crippen molar-refractivity contribution >= 4 is 10.9 Å². The fourth-order valence-corrected chi connectivity index (χ4v) is 2.05. The number of hydrogen-bond donors (Lipinski definition) is 2. The highest BCUT2D eigenvalue weighted by molar-refractivity contribution is 5.82. The van der Waals surface area contributed by atoms with Gasteiger partial charge in [0.2, 0.25) is 0 Å². The third-order valence-corrected chi connectivity index (χ3v) is 2.83. The molecule has 0 spiro atoms. The summed E-state index contributed by atoms with van der Waals surface area (Å²) in [4.78, 5) is 4.35. The summed E-state index contributed by atoms with van der Waals surface area (Å²) in [6.07, 6.45) is 3.95. The molecule has 3 N–H and O–H groups in total. The smallest absolute Gasteiger partial charge is 0.0705 e. The number of benzene rings is 1. The summed E-state index contributed by atoms with van der Waals surface area (Å²) in [7, 11) is 0. The van der Waals surface area contributed by atoms with Gasteiger partial charge in [0.05, 0.1) is 5.52 Å². The van der Waals surface area contributed by atoms with Crippen LogP contribution < -0.4 is 11.3 Å². The van der Waals surface area contributed by atoms with E-state index in [1.807, 2.05) is 24.4 Å². The van der Waals surface area contributed by atoms with Crippen LogP contribution in [0.1, 0.15) is 31.4 Å². The van der Waals surface area contributed by atoms with E-state index in [-0.39, 0.29) is 6.04 Å². The van der Waals surface area contributed by atoms with Crippen molar-refractivity contribution in [3.05, 3.63) is 42.1 Å². The predicted octanol–water partition coefficient (Wildman–Crippen LogP) is 2.54. The quantitative estimate of drug-likeness (QED) is 0.608. The molecule has 3 nitrogen and oxygen atoms in total. The number of nitrogens with zero attached hydrogens (tertiary/aromatic N) is 1. The van der Waals surface area contributed by atoms with Gasteiger partial charge < -0.3 is 0 Å². The van der Waals surface area contributed by atoms with E-state index >= 15 is 0 Å². The van der Waals surface area contributed by atoms with Crippen LogP contribution in [0.2, 0.25) is 0 Å².